The van der Waals surface area contributed by atoms with Crippen LogP contribution in [0.1, 0.15) is 6.42 Å². The molecule has 4 aromatic rings. The van der Waals surface area contributed by atoms with E-state index in [1.54, 1.807) is 31.3 Å². The van der Waals surface area contributed by atoms with Gasteiger partial charge in [0.2, 0.25) is 0 Å². The normalized spacial score (nSPS) is 15.7. The van der Waals surface area contributed by atoms with Crippen LogP contribution >= 0.6 is 0 Å². The van der Waals surface area contributed by atoms with Crippen molar-refractivity contribution in [3.63, 3.8) is 0 Å². The van der Waals surface area contributed by atoms with Crippen LogP contribution in [0.4, 0.5) is 11.4 Å². The van der Waals surface area contributed by atoms with Crippen molar-refractivity contribution in [2.24, 2.45) is 7.05 Å². The van der Waals surface area contributed by atoms with E-state index in [0.29, 0.717) is 6.04 Å². The monoisotopic (exact) mass is 445 g/mol. The van der Waals surface area contributed by atoms with Gasteiger partial charge in [0.1, 0.15) is 11.5 Å². The lowest BCUT2D eigenvalue weighted by atomic mass is 10.1. The van der Waals surface area contributed by atoms with Gasteiger partial charge in [0, 0.05) is 67.5 Å². The number of nitrogens with zero attached hydrogens (tertiary/aromatic N) is 5. The van der Waals surface area contributed by atoms with Crippen molar-refractivity contribution in [3.8, 4) is 22.8 Å². The first-order valence-corrected chi connectivity index (χ1v) is 10.9. The van der Waals surface area contributed by atoms with Crippen LogP contribution in [0.3, 0.4) is 0 Å². The summed E-state index contributed by atoms with van der Waals surface area (Å²) in [5.41, 5.74) is 12.0. The number of aromatic nitrogens is 4. The molecule has 2 N–H and O–H groups in total. The molecule has 1 unspecified atom stereocenters. The molecule has 0 aliphatic carbocycles. The second-order valence-electron chi connectivity index (χ2n) is 8.07. The molecule has 1 aliphatic rings. The second kappa shape index (κ2) is 9.05. The molecule has 0 saturated carbocycles. The van der Waals surface area contributed by atoms with Crippen LogP contribution in [0.25, 0.3) is 22.3 Å². The third-order valence-electron chi connectivity index (χ3n) is 5.81. The van der Waals surface area contributed by atoms with E-state index >= 15 is 0 Å². The van der Waals surface area contributed by atoms with Gasteiger partial charge in [0.25, 0.3) is 0 Å². The molecule has 9 heteroatoms. The van der Waals surface area contributed by atoms with Gasteiger partial charge in [-0.05, 0) is 24.6 Å². The summed E-state index contributed by atoms with van der Waals surface area (Å²) in [5, 5.41) is 4.25. The van der Waals surface area contributed by atoms with Crippen molar-refractivity contribution in [1.29, 1.82) is 0 Å². The molecule has 0 bridgehead atoms. The summed E-state index contributed by atoms with van der Waals surface area (Å²) in [7, 11) is 5.22. The van der Waals surface area contributed by atoms with Gasteiger partial charge < -0.3 is 14.4 Å². The molecule has 5 rings (SSSR count). The summed E-state index contributed by atoms with van der Waals surface area (Å²) in [5.74, 6) is 1.48. The second-order valence-corrected chi connectivity index (χ2v) is 8.07. The van der Waals surface area contributed by atoms with E-state index in [1.807, 2.05) is 37.5 Å². The van der Waals surface area contributed by atoms with Crippen LogP contribution in [-0.4, -0.2) is 53.1 Å². The average Bonchev–Trinajstić information content (AvgIpc) is 3.53. The van der Waals surface area contributed by atoms with Crippen LogP contribution in [-0.2, 0) is 7.05 Å². The van der Waals surface area contributed by atoms with Gasteiger partial charge in [-0.2, -0.15) is 5.10 Å². The molecule has 2 aromatic heterocycles. The summed E-state index contributed by atoms with van der Waals surface area (Å²) in [6.07, 6.45) is 6.56. The van der Waals surface area contributed by atoms with Crippen LogP contribution < -0.4 is 25.2 Å². The Kier molecular flexibility index (Phi) is 5.80. The zero-order valence-corrected chi connectivity index (χ0v) is 18.9. The summed E-state index contributed by atoms with van der Waals surface area (Å²) < 4.78 is 12.8. The Morgan fingerprint density at radius 3 is 2.52 bits per heavy atom. The average molecular weight is 446 g/mol. The van der Waals surface area contributed by atoms with E-state index < -0.39 is 0 Å². The molecular formula is C24H27N7O2. The number of fused-ring (bicyclic) bond motifs is 1. The van der Waals surface area contributed by atoms with E-state index in [1.165, 1.54) is 0 Å². The minimum absolute atomic E-state index is 0.297. The van der Waals surface area contributed by atoms with Gasteiger partial charge in [-0.15, -0.1) is 0 Å². The van der Waals surface area contributed by atoms with Crippen LogP contribution in [0.5, 0.6) is 11.5 Å². The number of ether oxygens (including phenoxy) is 2. The molecule has 9 nitrogen and oxygen atoms in total. The lowest BCUT2D eigenvalue weighted by Gasteiger charge is -2.28. The van der Waals surface area contributed by atoms with Gasteiger partial charge in [0.05, 0.1) is 43.3 Å². The molecular weight excluding hydrogens is 418 g/mol. The Morgan fingerprint density at radius 1 is 1.03 bits per heavy atom. The number of anilines is 2. The fourth-order valence-electron chi connectivity index (χ4n) is 4.06. The molecule has 2 aromatic carbocycles. The molecule has 1 aliphatic heterocycles. The van der Waals surface area contributed by atoms with Gasteiger partial charge >= 0.3 is 0 Å². The van der Waals surface area contributed by atoms with Crippen molar-refractivity contribution < 1.29 is 9.47 Å². The number of hydrogen-bond acceptors (Lipinski definition) is 8. The Hall–Kier alpha value is -3.69. The fraction of sp³-hybridized carbons (Fsp3) is 0.292. The quantitative estimate of drug-likeness (QED) is 0.449. The standard InChI is InChI=1S/C24H27N7O2/c1-30-14-16(12-27-30)24-13-25-22-5-4-18(10-23(22)28-24)31(15-17-6-7-26-29-17)19-8-20(32-2)11-21(9-19)33-3/h4-5,8-14,17,26,29H,6-7,15H2,1-3H3. The van der Waals surface area contributed by atoms with Crippen molar-refractivity contribution in [3.05, 3.63) is 55.0 Å². The van der Waals surface area contributed by atoms with Gasteiger partial charge in [-0.1, -0.05) is 0 Å². The van der Waals surface area contributed by atoms with Gasteiger partial charge in [0.15, 0.2) is 0 Å². The van der Waals surface area contributed by atoms with Gasteiger partial charge in [-0.25, -0.2) is 4.98 Å². The highest BCUT2D eigenvalue weighted by atomic mass is 16.5. The third-order valence-corrected chi connectivity index (χ3v) is 5.81. The molecule has 1 saturated heterocycles. The number of aryl methyl sites for hydroxylation is 1. The molecule has 33 heavy (non-hydrogen) atoms. The number of hydrogen-bond donors (Lipinski definition) is 2. The Morgan fingerprint density at radius 2 is 1.85 bits per heavy atom. The minimum Gasteiger partial charge on any atom is -0.497 e. The summed E-state index contributed by atoms with van der Waals surface area (Å²) in [6.45, 7) is 1.71. The highest BCUT2D eigenvalue weighted by Gasteiger charge is 2.21. The minimum atomic E-state index is 0.297. The number of hydrazine groups is 1. The smallest absolute Gasteiger partial charge is 0.124 e. The van der Waals surface area contributed by atoms with Crippen LogP contribution in [0.15, 0.2) is 55.0 Å². The first-order chi connectivity index (χ1) is 16.1. The summed E-state index contributed by atoms with van der Waals surface area (Å²) in [6, 6.07) is 12.4. The van der Waals surface area contributed by atoms with E-state index in [0.717, 1.165) is 64.7 Å². The molecule has 1 fully saturated rings. The largest absolute Gasteiger partial charge is 0.497 e. The van der Waals surface area contributed by atoms with E-state index in [9.17, 15) is 0 Å². The predicted octanol–water partition coefficient (Wildman–Crippen LogP) is 3.05. The summed E-state index contributed by atoms with van der Waals surface area (Å²) >= 11 is 0. The molecule has 170 valence electrons. The number of nitrogens with one attached hydrogen (secondary N) is 2. The van der Waals surface area contributed by atoms with Crippen molar-refractivity contribution in [1.82, 2.24) is 30.6 Å². The highest BCUT2D eigenvalue weighted by molar-refractivity contribution is 5.82. The molecule has 0 spiro atoms. The lowest BCUT2D eigenvalue weighted by Crippen LogP contribution is -2.38. The maximum absolute atomic E-state index is 5.53. The molecule has 3 heterocycles. The third kappa shape index (κ3) is 4.46. The lowest BCUT2D eigenvalue weighted by molar-refractivity contribution is 0.394. The first kappa shape index (κ1) is 21.2. The van der Waals surface area contributed by atoms with Crippen LogP contribution in [0, 0.1) is 0 Å². The molecule has 1 atom stereocenters. The number of methoxy groups -OCH3 is 2. The Bertz CT molecular complexity index is 1240. The van der Waals surface area contributed by atoms with Gasteiger partial charge in [-0.3, -0.25) is 20.5 Å². The Labute approximate surface area is 192 Å². The van der Waals surface area contributed by atoms with E-state index in [-0.39, 0.29) is 0 Å². The van der Waals surface area contributed by atoms with Crippen molar-refractivity contribution >= 4 is 22.4 Å². The van der Waals surface area contributed by atoms with E-state index in [4.69, 9.17) is 14.5 Å². The van der Waals surface area contributed by atoms with Crippen molar-refractivity contribution in [2.75, 3.05) is 32.2 Å². The number of rotatable bonds is 7. The fourth-order valence-corrected chi connectivity index (χ4v) is 4.06. The first-order valence-electron chi connectivity index (χ1n) is 10.9. The zero-order valence-electron chi connectivity index (χ0n) is 18.9. The predicted molar refractivity (Wildman–Crippen MR) is 128 cm³/mol. The van der Waals surface area contributed by atoms with Crippen LogP contribution in [0.2, 0.25) is 0 Å². The SMILES string of the molecule is COc1cc(OC)cc(N(CC2CCNN2)c2ccc3ncc(-c4cnn(C)c4)nc3c2)c1. The summed E-state index contributed by atoms with van der Waals surface area (Å²) in [4.78, 5) is 11.8. The van der Waals surface area contributed by atoms with Crippen molar-refractivity contribution in [2.45, 2.75) is 12.5 Å². The maximum Gasteiger partial charge on any atom is 0.124 e. The Balaban J connectivity index is 1.58. The molecule has 0 amide bonds. The zero-order chi connectivity index (χ0) is 22.8. The topological polar surface area (TPSA) is 89.4 Å². The number of benzene rings is 2. The maximum atomic E-state index is 5.53. The molecule has 0 radical (unpaired) electrons. The highest BCUT2D eigenvalue weighted by Crippen LogP contribution is 2.34. The van der Waals surface area contributed by atoms with E-state index in [2.05, 4.69) is 38.0 Å².